The monoisotopic (exact) mass is 192 g/mol. The van der Waals surface area contributed by atoms with Crippen molar-refractivity contribution in [2.24, 2.45) is 11.3 Å². The third-order valence-electron chi connectivity index (χ3n) is 3.83. The van der Waals surface area contributed by atoms with Crippen LogP contribution in [0.4, 0.5) is 13.2 Å². The van der Waals surface area contributed by atoms with Crippen LogP contribution < -0.4 is 0 Å². The number of halogens is 3. The van der Waals surface area contributed by atoms with Gasteiger partial charge in [-0.2, -0.15) is 13.2 Å². The highest BCUT2D eigenvalue weighted by Gasteiger charge is 2.46. The van der Waals surface area contributed by atoms with E-state index < -0.39 is 12.6 Å². The van der Waals surface area contributed by atoms with E-state index in [9.17, 15) is 13.2 Å². The van der Waals surface area contributed by atoms with Gasteiger partial charge in [0, 0.05) is 6.42 Å². The van der Waals surface area contributed by atoms with Crippen LogP contribution in [-0.4, -0.2) is 6.18 Å². The molecule has 0 amide bonds. The molecule has 0 N–H and O–H groups in total. The van der Waals surface area contributed by atoms with Crippen LogP contribution in [0.15, 0.2) is 0 Å². The van der Waals surface area contributed by atoms with Gasteiger partial charge in [-0.25, -0.2) is 0 Å². The molecule has 3 heteroatoms. The molecule has 2 aliphatic rings. The second-order valence-electron chi connectivity index (χ2n) is 4.76. The van der Waals surface area contributed by atoms with Gasteiger partial charge in [0.1, 0.15) is 0 Å². The summed E-state index contributed by atoms with van der Waals surface area (Å²) in [5, 5.41) is 0. The van der Waals surface area contributed by atoms with Gasteiger partial charge in [0.15, 0.2) is 0 Å². The predicted molar refractivity (Wildman–Crippen MR) is 44.3 cm³/mol. The zero-order valence-electron chi connectivity index (χ0n) is 7.66. The smallest absolute Gasteiger partial charge is 0.171 e. The second-order valence-corrected chi connectivity index (χ2v) is 4.76. The summed E-state index contributed by atoms with van der Waals surface area (Å²) >= 11 is 0. The van der Waals surface area contributed by atoms with Crippen LogP contribution in [0.25, 0.3) is 0 Å². The molecule has 0 aromatic rings. The van der Waals surface area contributed by atoms with Gasteiger partial charge < -0.3 is 0 Å². The van der Waals surface area contributed by atoms with Gasteiger partial charge >= 0.3 is 6.18 Å². The molecule has 0 saturated heterocycles. The number of hydrogen-bond acceptors (Lipinski definition) is 0. The molecule has 0 radical (unpaired) electrons. The molecule has 0 nitrogen and oxygen atoms in total. The Bertz CT molecular complexity index is 187. The molecule has 2 aliphatic carbocycles. The Morgan fingerprint density at radius 3 is 2.15 bits per heavy atom. The standard InChI is InChI=1S/C10H15F3/c11-10(12,13)6-5-9-3-1-8(7-9)2-4-9/h8H,1-7H2. The minimum absolute atomic E-state index is 0.0974. The van der Waals surface area contributed by atoms with E-state index in [0.717, 1.165) is 25.2 Å². The SMILES string of the molecule is FC(F)(F)CCC12CCC(CC1)C2. The quantitative estimate of drug-likeness (QED) is 0.622. The van der Waals surface area contributed by atoms with Crippen LogP contribution >= 0.6 is 0 Å². The molecule has 0 unspecified atom stereocenters. The van der Waals surface area contributed by atoms with Crippen molar-refractivity contribution >= 4 is 0 Å². The first kappa shape index (κ1) is 9.35. The molecule has 0 atom stereocenters. The molecule has 2 bridgehead atoms. The zero-order chi connectivity index (χ0) is 9.53. The van der Waals surface area contributed by atoms with Crippen LogP contribution in [0.1, 0.15) is 44.9 Å². The first-order valence-electron chi connectivity index (χ1n) is 5.06. The zero-order valence-corrected chi connectivity index (χ0v) is 7.66. The highest BCUT2D eigenvalue weighted by molar-refractivity contribution is 4.95. The first-order chi connectivity index (χ1) is 5.99. The van der Waals surface area contributed by atoms with Gasteiger partial charge in [-0.05, 0) is 49.9 Å². The molecule has 76 valence electrons. The summed E-state index contributed by atoms with van der Waals surface area (Å²) in [4.78, 5) is 0. The Labute approximate surface area is 76.5 Å². The first-order valence-corrected chi connectivity index (χ1v) is 5.06. The number of fused-ring (bicyclic) bond motifs is 2. The molecule has 0 heterocycles. The molecule has 0 spiro atoms. The third kappa shape index (κ3) is 2.00. The Morgan fingerprint density at radius 2 is 1.77 bits per heavy atom. The fourth-order valence-corrected chi connectivity index (χ4v) is 3.07. The summed E-state index contributed by atoms with van der Waals surface area (Å²) < 4.78 is 36.1. The lowest BCUT2D eigenvalue weighted by Gasteiger charge is -2.26. The van der Waals surface area contributed by atoms with Crippen molar-refractivity contribution in [3.63, 3.8) is 0 Å². The maximum absolute atomic E-state index is 12.0. The normalized spacial score (nSPS) is 38.5. The largest absolute Gasteiger partial charge is 0.389 e. The number of alkyl halides is 3. The van der Waals surface area contributed by atoms with E-state index in [1.807, 2.05) is 0 Å². The summed E-state index contributed by atoms with van der Waals surface area (Å²) in [5.41, 5.74) is 0.0974. The highest BCUT2D eigenvalue weighted by Crippen LogP contribution is 2.57. The molecule has 2 rings (SSSR count). The van der Waals surface area contributed by atoms with Crippen molar-refractivity contribution in [2.45, 2.75) is 51.1 Å². The lowest BCUT2D eigenvalue weighted by Crippen LogP contribution is -2.18. The van der Waals surface area contributed by atoms with Crippen LogP contribution in [0.5, 0.6) is 0 Å². The maximum Gasteiger partial charge on any atom is 0.389 e. The van der Waals surface area contributed by atoms with E-state index in [2.05, 4.69) is 0 Å². The average Bonchev–Trinajstić information content (AvgIpc) is 2.59. The van der Waals surface area contributed by atoms with Gasteiger partial charge in [0.05, 0.1) is 0 Å². The molecular weight excluding hydrogens is 177 g/mol. The average molecular weight is 192 g/mol. The topological polar surface area (TPSA) is 0 Å². The maximum atomic E-state index is 12.0. The molecule has 0 aliphatic heterocycles. The van der Waals surface area contributed by atoms with Gasteiger partial charge in [0.25, 0.3) is 0 Å². The van der Waals surface area contributed by atoms with Gasteiger partial charge in [-0.1, -0.05) is 0 Å². The van der Waals surface area contributed by atoms with Crippen molar-refractivity contribution < 1.29 is 13.2 Å². The van der Waals surface area contributed by atoms with Crippen LogP contribution in [0.3, 0.4) is 0 Å². The Balaban J connectivity index is 1.87. The summed E-state index contributed by atoms with van der Waals surface area (Å²) in [5.74, 6) is 0.758. The number of rotatable bonds is 2. The van der Waals surface area contributed by atoms with Gasteiger partial charge in [-0.15, -0.1) is 0 Å². The van der Waals surface area contributed by atoms with Crippen molar-refractivity contribution in [2.75, 3.05) is 0 Å². The molecular formula is C10H15F3. The van der Waals surface area contributed by atoms with Crippen LogP contribution in [0.2, 0.25) is 0 Å². The van der Waals surface area contributed by atoms with E-state index >= 15 is 0 Å². The highest BCUT2D eigenvalue weighted by atomic mass is 19.4. The number of hydrogen-bond donors (Lipinski definition) is 0. The summed E-state index contributed by atoms with van der Waals surface area (Å²) in [6.07, 6.45) is 1.39. The molecule has 2 fully saturated rings. The van der Waals surface area contributed by atoms with Crippen molar-refractivity contribution in [3.8, 4) is 0 Å². The van der Waals surface area contributed by atoms with Crippen LogP contribution in [-0.2, 0) is 0 Å². The van der Waals surface area contributed by atoms with E-state index in [4.69, 9.17) is 0 Å². The Morgan fingerprint density at radius 1 is 1.15 bits per heavy atom. The fourth-order valence-electron chi connectivity index (χ4n) is 3.07. The van der Waals surface area contributed by atoms with E-state index in [-0.39, 0.29) is 5.41 Å². The minimum Gasteiger partial charge on any atom is -0.171 e. The molecule has 0 aromatic carbocycles. The lowest BCUT2D eigenvalue weighted by molar-refractivity contribution is -0.140. The predicted octanol–water partition coefficient (Wildman–Crippen LogP) is 3.91. The third-order valence-corrected chi connectivity index (χ3v) is 3.83. The Hall–Kier alpha value is -0.210. The van der Waals surface area contributed by atoms with E-state index in [1.165, 1.54) is 12.8 Å². The van der Waals surface area contributed by atoms with Gasteiger partial charge in [0.2, 0.25) is 0 Å². The van der Waals surface area contributed by atoms with Crippen molar-refractivity contribution in [3.05, 3.63) is 0 Å². The van der Waals surface area contributed by atoms with Gasteiger partial charge in [-0.3, -0.25) is 0 Å². The molecule has 13 heavy (non-hydrogen) atoms. The van der Waals surface area contributed by atoms with E-state index in [1.54, 1.807) is 0 Å². The van der Waals surface area contributed by atoms with Crippen molar-refractivity contribution in [1.82, 2.24) is 0 Å². The summed E-state index contributed by atoms with van der Waals surface area (Å²) in [7, 11) is 0. The van der Waals surface area contributed by atoms with Crippen LogP contribution in [0, 0.1) is 11.3 Å². The second kappa shape index (κ2) is 2.89. The molecule has 2 saturated carbocycles. The lowest BCUT2D eigenvalue weighted by atomic mass is 9.80. The Kier molecular flexibility index (Phi) is 2.08. The van der Waals surface area contributed by atoms with Crippen molar-refractivity contribution in [1.29, 1.82) is 0 Å². The molecule has 0 aromatic heterocycles. The fraction of sp³-hybridized carbons (Fsp3) is 1.00. The van der Waals surface area contributed by atoms with E-state index in [0.29, 0.717) is 6.42 Å². The minimum atomic E-state index is -3.95. The summed E-state index contributed by atoms with van der Waals surface area (Å²) in [6.45, 7) is 0. The summed E-state index contributed by atoms with van der Waals surface area (Å²) in [6, 6.07) is 0.